The number of alkyl halides is 3. The summed E-state index contributed by atoms with van der Waals surface area (Å²) in [6.07, 6.45) is -2.37. The van der Waals surface area contributed by atoms with Crippen molar-refractivity contribution in [1.82, 2.24) is 4.98 Å². The highest BCUT2D eigenvalue weighted by atomic mass is 19.4. The van der Waals surface area contributed by atoms with Gasteiger partial charge in [-0.05, 0) is 31.7 Å². The number of halogens is 3. The molecule has 2 amide bonds. The summed E-state index contributed by atoms with van der Waals surface area (Å²) < 4.78 is 37.9. The highest BCUT2D eigenvalue weighted by Gasteiger charge is 2.32. The molecule has 1 aromatic rings. The maximum absolute atomic E-state index is 12.6. The predicted octanol–water partition coefficient (Wildman–Crippen LogP) is 1.62. The van der Waals surface area contributed by atoms with Crippen LogP contribution in [0, 0.1) is 11.8 Å². The van der Waals surface area contributed by atoms with Crippen LogP contribution in [0.15, 0.2) is 17.1 Å². The number of hydrogen-bond acceptors (Lipinski definition) is 3. The number of amides is 2. The van der Waals surface area contributed by atoms with Crippen molar-refractivity contribution >= 4 is 17.5 Å². The van der Waals surface area contributed by atoms with Crippen LogP contribution in [-0.4, -0.2) is 16.8 Å². The Balaban J connectivity index is 2.06. The predicted molar refractivity (Wildman–Crippen MR) is 75.3 cm³/mol. The Morgan fingerprint density at radius 3 is 2.26 bits per heavy atom. The van der Waals surface area contributed by atoms with Crippen LogP contribution in [0.1, 0.15) is 31.2 Å². The zero-order valence-corrected chi connectivity index (χ0v) is 12.1. The molecule has 4 N–H and O–H groups in total. The summed E-state index contributed by atoms with van der Waals surface area (Å²) in [5, 5.41) is 2.24. The second kappa shape index (κ2) is 6.43. The van der Waals surface area contributed by atoms with Crippen LogP contribution in [0.3, 0.4) is 0 Å². The van der Waals surface area contributed by atoms with E-state index in [1.54, 1.807) is 0 Å². The van der Waals surface area contributed by atoms with Gasteiger partial charge in [-0.1, -0.05) is 0 Å². The van der Waals surface area contributed by atoms with Crippen molar-refractivity contribution in [2.75, 3.05) is 5.32 Å². The first-order valence-electron chi connectivity index (χ1n) is 7.08. The first kappa shape index (κ1) is 17.0. The Morgan fingerprint density at radius 1 is 1.17 bits per heavy atom. The summed E-state index contributed by atoms with van der Waals surface area (Å²) >= 11 is 0. The molecule has 6 nitrogen and oxygen atoms in total. The van der Waals surface area contributed by atoms with Gasteiger partial charge in [-0.2, -0.15) is 13.2 Å². The smallest absolute Gasteiger partial charge is 0.369 e. The number of carbonyl (C=O) groups excluding carboxylic acids is 2. The van der Waals surface area contributed by atoms with E-state index in [9.17, 15) is 27.6 Å². The molecule has 23 heavy (non-hydrogen) atoms. The van der Waals surface area contributed by atoms with Gasteiger partial charge >= 0.3 is 6.18 Å². The van der Waals surface area contributed by atoms with E-state index < -0.39 is 40.7 Å². The second-order valence-electron chi connectivity index (χ2n) is 5.57. The minimum absolute atomic E-state index is 0.281. The number of carbonyl (C=O) groups is 2. The van der Waals surface area contributed by atoms with Crippen LogP contribution in [0.5, 0.6) is 0 Å². The van der Waals surface area contributed by atoms with Crippen molar-refractivity contribution in [3.05, 3.63) is 28.2 Å². The molecule has 0 atom stereocenters. The number of pyridine rings is 1. The first-order chi connectivity index (χ1) is 10.7. The Bertz CT molecular complexity index is 661. The number of rotatable bonds is 3. The molecule has 0 radical (unpaired) electrons. The van der Waals surface area contributed by atoms with E-state index in [-0.39, 0.29) is 5.92 Å². The molecule has 0 aromatic carbocycles. The van der Waals surface area contributed by atoms with E-state index in [4.69, 9.17) is 5.73 Å². The quantitative estimate of drug-likeness (QED) is 0.784. The number of aromatic amines is 1. The Labute approximate surface area is 129 Å². The van der Waals surface area contributed by atoms with Crippen molar-refractivity contribution in [3.63, 3.8) is 0 Å². The van der Waals surface area contributed by atoms with Gasteiger partial charge in [0.25, 0.3) is 5.56 Å². The van der Waals surface area contributed by atoms with E-state index in [0.29, 0.717) is 37.9 Å². The fraction of sp³-hybridized carbons (Fsp3) is 0.500. The SMILES string of the molecule is NC(=O)C1CCC(C(=O)Nc2cc(C(F)(F)F)c[nH]c2=O)CC1. The Kier molecular flexibility index (Phi) is 4.76. The number of hydrogen-bond donors (Lipinski definition) is 3. The lowest BCUT2D eigenvalue weighted by Gasteiger charge is -2.25. The largest absolute Gasteiger partial charge is 0.417 e. The minimum atomic E-state index is -4.62. The highest BCUT2D eigenvalue weighted by molar-refractivity contribution is 5.92. The number of nitrogens with two attached hydrogens (primary N) is 1. The third-order valence-electron chi connectivity index (χ3n) is 3.99. The van der Waals surface area contributed by atoms with Gasteiger partial charge in [-0.15, -0.1) is 0 Å². The zero-order chi connectivity index (χ0) is 17.2. The molecule has 0 bridgehead atoms. The molecule has 1 aromatic heterocycles. The summed E-state index contributed by atoms with van der Waals surface area (Å²) in [6, 6.07) is 0.603. The summed E-state index contributed by atoms with van der Waals surface area (Å²) in [6.45, 7) is 0. The van der Waals surface area contributed by atoms with E-state index in [1.807, 2.05) is 4.98 Å². The van der Waals surface area contributed by atoms with Gasteiger partial charge in [0.05, 0.1) is 5.56 Å². The molecular formula is C14H16F3N3O3. The van der Waals surface area contributed by atoms with E-state index in [1.165, 1.54) is 0 Å². The fourth-order valence-corrected chi connectivity index (χ4v) is 2.62. The molecule has 126 valence electrons. The van der Waals surface area contributed by atoms with E-state index in [2.05, 4.69) is 5.32 Å². The van der Waals surface area contributed by atoms with Crippen molar-refractivity contribution < 1.29 is 22.8 Å². The van der Waals surface area contributed by atoms with Gasteiger partial charge in [0, 0.05) is 18.0 Å². The fourth-order valence-electron chi connectivity index (χ4n) is 2.62. The average molecular weight is 331 g/mol. The molecular weight excluding hydrogens is 315 g/mol. The van der Waals surface area contributed by atoms with Crippen LogP contribution >= 0.6 is 0 Å². The van der Waals surface area contributed by atoms with Crippen LogP contribution in [0.4, 0.5) is 18.9 Å². The maximum atomic E-state index is 12.6. The topological polar surface area (TPSA) is 105 Å². The maximum Gasteiger partial charge on any atom is 0.417 e. The molecule has 0 spiro atoms. The zero-order valence-electron chi connectivity index (χ0n) is 12.1. The lowest BCUT2D eigenvalue weighted by Crippen LogP contribution is -2.33. The monoisotopic (exact) mass is 331 g/mol. The number of primary amides is 1. The van der Waals surface area contributed by atoms with Crippen LogP contribution in [0.2, 0.25) is 0 Å². The van der Waals surface area contributed by atoms with Crippen molar-refractivity contribution in [1.29, 1.82) is 0 Å². The third-order valence-corrected chi connectivity index (χ3v) is 3.99. The third kappa shape index (κ3) is 4.11. The molecule has 1 heterocycles. The highest BCUT2D eigenvalue weighted by Crippen LogP contribution is 2.31. The normalized spacial score (nSPS) is 21.7. The van der Waals surface area contributed by atoms with Gasteiger partial charge in [0.15, 0.2) is 0 Å². The molecule has 0 saturated heterocycles. The van der Waals surface area contributed by atoms with E-state index >= 15 is 0 Å². The lowest BCUT2D eigenvalue weighted by atomic mass is 9.81. The number of anilines is 1. The summed E-state index contributed by atoms with van der Waals surface area (Å²) in [5.74, 6) is -1.69. The number of nitrogens with one attached hydrogen (secondary N) is 2. The van der Waals surface area contributed by atoms with Gasteiger partial charge in [-0.25, -0.2) is 0 Å². The van der Waals surface area contributed by atoms with E-state index in [0.717, 1.165) is 0 Å². The second-order valence-corrected chi connectivity index (χ2v) is 5.57. The van der Waals surface area contributed by atoms with Gasteiger partial charge in [0.2, 0.25) is 11.8 Å². The average Bonchev–Trinajstić information content (AvgIpc) is 2.48. The van der Waals surface area contributed by atoms with Crippen LogP contribution < -0.4 is 16.6 Å². The molecule has 0 aliphatic heterocycles. The van der Waals surface area contributed by atoms with Crippen molar-refractivity contribution in [3.8, 4) is 0 Å². The molecule has 1 saturated carbocycles. The number of aromatic nitrogens is 1. The summed E-state index contributed by atoms with van der Waals surface area (Å²) in [5.41, 5.74) is 2.90. The molecule has 1 fully saturated rings. The summed E-state index contributed by atoms with van der Waals surface area (Å²) in [7, 11) is 0. The standard InChI is InChI=1S/C14H16F3N3O3/c15-14(16,17)9-5-10(13(23)19-6-9)20-12(22)8-3-1-7(2-4-8)11(18)21/h5-8H,1-4H2,(H2,18,21)(H,19,23)(H,20,22). The van der Waals surface area contributed by atoms with Crippen LogP contribution in [0.25, 0.3) is 0 Å². The number of H-pyrrole nitrogens is 1. The molecule has 9 heteroatoms. The molecule has 0 unspecified atom stereocenters. The molecule has 1 aliphatic carbocycles. The summed E-state index contributed by atoms with van der Waals surface area (Å²) in [4.78, 5) is 36.7. The minimum Gasteiger partial charge on any atom is -0.369 e. The Morgan fingerprint density at radius 2 is 1.74 bits per heavy atom. The van der Waals surface area contributed by atoms with Gasteiger partial charge in [0.1, 0.15) is 5.69 Å². The van der Waals surface area contributed by atoms with Gasteiger partial charge < -0.3 is 16.0 Å². The molecule has 2 rings (SSSR count). The Hall–Kier alpha value is -2.32. The van der Waals surface area contributed by atoms with Crippen molar-refractivity contribution in [2.24, 2.45) is 17.6 Å². The van der Waals surface area contributed by atoms with Gasteiger partial charge in [-0.3, -0.25) is 14.4 Å². The first-order valence-corrected chi connectivity index (χ1v) is 7.08. The lowest BCUT2D eigenvalue weighted by molar-refractivity contribution is -0.137. The van der Waals surface area contributed by atoms with Crippen molar-refractivity contribution in [2.45, 2.75) is 31.9 Å². The van der Waals surface area contributed by atoms with Crippen LogP contribution in [-0.2, 0) is 15.8 Å². The molecule has 1 aliphatic rings.